The number of hydrogen-bond acceptors (Lipinski definition) is 2. The molecule has 1 nitrogen and oxygen atoms in total. The second kappa shape index (κ2) is 4.15. The maximum Gasteiger partial charge on any atom is 0.0904 e. The van der Waals surface area contributed by atoms with Crippen LogP contribution in [0.1, 0.15) is 30.5 Å². The SMILES string of the molecule is Cc1nc(C(C)C)c(-c2ccccc2)s1. The van der Waals surface area contributed by atoms with Crippen LogP contribution in [0.4, 0.5) is 0 Å². The summed E-state index contributed by atoms with van der Waals surface area (Å²) in [5.41, 5.74) is 2.51. The normalized spacial score (nSPS) is 10.9. The van der Waals surface area contributed by atoms with E-state index in [1.807, 2.05) is 6.07 Å². The van der Waals surface area contributed by atoms with Crippen LogP contribution in [0.2, 0.25) is 0 Å². The molecule has 1 aromatic carbocycles. The first-order valence-corrected chi connectivity index (χ1v) is 6.03. The Labute approximate surface area is 94.8 Å². The first-order chi connectivity index (χ1) is 7.18. The van der Waals surface area contributed by atoms with Crippen LogP contribution in [-0.2, 0) is 0 Å². The van der Waals surface area contributed by atoms with Crippen LogP contribution in [0.5, 0.6) is 0 Å². The minimum Gasteiger partial charge on any atom is -0.246 e. The van der Waals surface area contributed by atoms with Gasteiger partial charge in [0.05, 0.1) is 15.6 Å². The number of nitrogens with zero attached hydrogens (tertiary/aromatic N) is 1. The summed E-state index contributed by atoms with van der Waals surface area (Å²) >= 11 is 1.78. The summed E-state index contributed by atoms with van der Waals surface area (Å²) in [6.07, 6.45) is 0. The van der Waals surface area contributed by atoms with Crippen molar-refractivity contribution in [3.05, 3.63) is 41.0 Å². The maximum atomic E-state index is 4.61. The van der Waals surface area contributed by atoms with E-state index >= 15 is 0 Å². The van der Waals surface area contributed by atoms with Crippen LogP contribution in [0.25, 0.3) is 10.4 Å². The molecule has 2 aromatic rings. The van der Waals surface area contributed by atoms with Gasteiger partial charge < -0.3 is 0 Å². The van der Waals surface area contributed by atoms with Gasteiger partial charge in [0.25, 0.3) is 0 Å². The molecule has 0 N–H and O–H groups in total. The zero-order chi connectivity index (χ0) is 10.8. The third-order valence-corrected chi connectivity index (χ3v) is 3.38. The zero-order valence-corrected chi connectivity index (χ0v) is 10.1. The average molecular weight is 217 g/mol. The van der Waals surface area contributed by atoms with Gasteiger partial charge in [-0.1, -0.05) is 44.2 Å². The first kappa shape index (κ1) is 10.4. The quantitative estimate of drug-likeness (QED) is 0.733. The number of hydrogen-bond donors (Lipinski definition) is 0. The summed E-state index contributed by atoms with van der Waals surface area (Å²) in [6, 6.07) is 10.5. The molecule has 0 unspecified atom stereocenters. The predicted molar refractivity (Wildman–Crippen MR) is 66.4 cm³/mol. The van der Waals surface area contributed by atoms with Gasteiger partial charge in [0.2, 0.25) is 0 Å². The highest BCUT2D eigenvalue weighted by Crippen LogP contribution is 2.33. The minimum absolute atomic E-state index is 0.491. The zero-order valence-electron chi connectivity index (χ0n) is 9.32. The van der Waals surface area contributed by atoms with E-state index in [9.17, 15) is 0 Å². The van der Waals surface area contributed by atoms with E-state index in [1.165, 1.54) is 16.1 Å². The molecule has 1 heterocycles. The molecule has 15 heavy (non-hydrogen) atoms. The van der Waals surface area contributed by atoms with Gasteiger partial charge in [0.1, 0.15) is 0 Å². The van der Waals surface area contributed by atoms with E-state index in [2.05, 4.69) is 50.0 Å². The molecule has 0 fully saturated rings. The second-order valence-corrected chi connectivity index (χ2v) is 5.17. The number of thiazole rings is 1. The second-order valence-electron chi connectivity index (χ2n) is 3.97. The Morgan fingerprint density at radius 3 is 2.40 bits per heavy atom. The standard InChI is InChI=1S/C13H15NS/c1-9(2)12-13(15-10(3)14-12)11-7-5-4-6-8-11/h4-9H,1-3H3. The van der Waals surface area contributed by atoms with Gasteiger partial charge >= 0.3 is 0 Å². The summed E-state index contributed by atoms with van der Waals surface area (Å²) in [7, 11) is 0. The smallest absolute Gasteiger partial charge is 0.0904 e. The van der Waals surface area contributed by atoms with E-state index in [1.54, 1.807) is 11.3 Å². The molecule has 0 bridgehead atoms. The van der Waals surface area contributed by atoms with Crippen molar-refractivity contribution in [1.29, 1.82) is 0 Å². The van der Waals surface area contributed by atoms with E-state index < -0.39 is 0 Å². The Balaban J connectivity index is 2.53. The van der Waals surface area contributed by atoms with Crippen molar-refractivity contribution in [2.75, 3.05) is 0 Å². The number of aryl methyl sites for hydroxylation is 1. The van der Waals surface area contributed by atoms with Crippen LogP contribution in [-0.4, -0.2) is 4.98 Å². The molecule has 0 amide bonds. The molecule has 1 aromatic heterocycles. The fraction of sp³-hybridized carbons (Fsp3) is 0.308. The van der Waals surface area contributed by atoms with Crippen molar-refractivity contribution >= 4 is 11.3 Å². The highest BCUT2D eigenvalue weighted by Gasteiger charge is 2.13. The largest absolute Gasteiger partial charge is 0.246 e. The lowest BCUT2D eigenvalue weighted by molar-refractivity contribution is 0.831. The van der Waals surface area contributed by atoms with Gasteiger partial charge in [-0.3, -0.25) is 0 Å². The third-order valence-electron chi connectivity index (χ3n) is 2.34. The topological polar surface area (TPSA) is 12.9 Å². The summed E-state index contributed by atoms with van der Waals surface area (Å²) in [6.45, 7) is 6.46. The summed E-state index contributed by atoms with van der Waals surface area (Å²) in [5, 5.41) is 1.15. The summed E-state index contributed by atoms with van der Waals surface area (Å²) < 4.78 is 0. The summed E-state index contributed by atoms with van der Waals surface area (Å²) in [4.78, 5) is 5.93. The fourth-order valence-corrected chi connectivity index (χ4v) is 2.71. The number of aromatic nitrogens is 1. The number of rotatable bonds is 2. The Morgan fingerprint density at radius 2 is 1.80 bits per heavy atom. The predicted octanol–water partition coefficient (Wildman–Crippen LogP) is 4.24. The van der Waals surface area contributed by atoms with E-state index in [4.69, 9.17) is 0 Å². The molecule has 0 spiro atoms. The van der Waals surface area contributed by atoms with Crippen molar-refractivity contribution in [3.8, 4) is 10.4 Å². The Morgan fingerprint density at radius 1 is 1.13 bits per heavy atom. The summed E-state index contributed by atoms with van der Waals surface area (Å²) in [5.74, 6) is 0.491. The Kier molecular flexibility index (Phi) is 2.87. The molecular formula is C13H15NS. The maximum absolute atomic E-state index is 4.61. The molecule has 0 radical (unpaired) electrons. The van der Waals surface area contributed by atoms with Crippen molar-refractivity contribution in [1.82, 2.24) is 4.98 Å². The first-order valence-electron chi connectivity index (χ1n) is 5.21. The van der Waals surface area contributed by atoms with Gasteiger partial charge in [-0.2, -0.15) is 0 Å². The molecule has 0 saturated carbocycles. The van der Waals surface area contributed by atoms with Gasteiger partial charge in [-0.05, 0) is 18.4 Å². The lowest BCUT2D eigenvalue weighted by Gasteiger charge is -2.04. The highest BCUT2D eigenvalue weighted by molar-refractivity contribution is 7.15. The van der Waals surface area contributed by atoms with Crippen LogP contribution < -0.4 is 0 Å². The van der Waals surface area contributed by atoms with Crippen LogP contribution in [0.3, 0.4) is 0 Å². The highest BCUT2D eigenvalue weighted by atomic mass is 32.1. The minimum atomic E-state index is 0.491. The molecular weight excluding hydrogens is 202 g/mol. The molecule has 78 valence electrons. The molecule has 0 aliphatic rings. The van der Waals surface area contributed by atoms with Crippen molar-refractivity contribution in [3.63, 3.8) is 0 Å². The van der Waals surface area contributed by atoms with Gasteiger partial charge in [0.15, 0.2) is 0 Å². The average Bonchev–Trinajstić information content (AvgIpc) is 2.62. The lowest BCUT2D eigenvalue weighted by Crippen LogP contribution is -1.90. The Hall–Kier alpha value is -1.15. The lowest BCUT2D eigenvalue weighted by atomic mass is 10.1. The van der Waals surface area contributed by atoms with E-state index in [0.29, 0.717) is 5.92 Å². The molecule has 0 aliphatic heterocycles. The van der Waals surface area contributed by atoms with Crippen LogP contribution >= 0.6 is 11.3 Å². The van der Waals surface area contributed by atoms with Crippen LogP contribution in [0.15, 0.2) is 30.3 Å². The van der Waals surface area contributed by atoms with Gasteiger partial charge in [0, 0.05) is 0 Å². The van der Waals surface area contributed by atoms with E-state index in [0.717, 1.165) is 5.01 Å². The van der Waals surface area contributed by atoms with Crippen molar-refractivity contribution in [2.45, 2.75) is 26.7 Å². The monoisotopic (exact) mass is 217 g/mol. The number of benzene rings is 1. The fourth-order valence-electron chi connectivity index (χ4n) is 1.63. The van der Waals surface area contributed by atoms with Crippen molar-refractivity contribution in [2.24, 2.45) is 0 Å². The molecule has 0 aliphatic carbocycles. The van der Waals surface area contributed by atoms with Crippen molar-refractivity contribution < 1.29 is 0 Å². The third kappa shape index (κ3) is 2.10. The van der Waals surface area contributed by atoms with Crippen LogP contribution in [0, 0.1) is 6.92 Å². The molecule has 2 heteroatoms. The molecule has 0 saturated heterocycles. The molecule has 2 rings (SSSR count). The van der Waals surface area contributed by atoms with Gasteiger partial charge in [-0.15, -0.1) is 11.3 Å². The molecule has 0 atom stereocenters. The Bertz CT molecular complexity index is 443. The van der Waals surface area contributed by atoms with Gasteiger partial charge in [-0.25, -0.2) is 4.98 Å². The van der Waals surface area contributed by atoms with E-state index in [-0.39, 0.29) is 0 Å².